The quantitative estimate of drug-likeness (QED) is 0.881. The molecule has 0 aliphatic carbocycles. The highest BCUT2D eigenvalue weighted by molar-refractivity contribution is 6.30. The molecule has 3 heterocycles. The smallest absolute Gasteiger partial charge is 0.254 e. The molecule has 1 aromatic carbocycles. The Labute approximate surface area is 165 Å². The monoisotopic (exact) mass is 384 g/mol. The third kappa shape index (κ3) is 3.94. The summed E-state index contributed by atoms with van der Waals surface area (Å²) in [5.41, 5.74) is 1.76. The van der Waals surface area contributed by atoms with Crippen LogP contribution in [0.3, 0.4) is 0 Å². The van der Waals surface area contributed by atoms with E-state index in [9.17, 15) is 4.79 Å². The molecule has 27 heavy (non-hydrogen) atoms. The van der Waals surface area contributed by atoms with Crippen molar-refractivity contribution >= 4 is 23.3 Å². The third-order valence-corrected chi connectivity index (χ3v) is 5.71. The zero-order valence-corrected chi connectivity index (χ0v) is 16.3. The van der Waals surface area contributed by atoms with E-state index in [1.165, 1.54) is 6.42 Å². The van der Waals surface area contributed by atoms with Gasteiger partial charge in [0.2, 0.25) is 0 Å². The van der Waals surface area contributed by atoms with Crippen LogP contribution in [-0.4, -0.2) is 48.5 Å². The van der Waals surface area contributed by atoms with E-state index in [1.54, 1.807) is 6.20 Å². The second-order valence-corrected chi connectivity index (χ2v) is 7.95. The third-order valence-electron chi connectivity index (χ3n) is 5.48. The number of anilines is 1. The predicted molar refractivity (Wildman–Crippen MR) is 108 cm³/mol. The van der Waals surface area contributed by atoms with Crippen molar-refractivity contribution in [3.63, 3.8) is 0 Å². The fourth-order valence-electron chi connectivity index (χ4n) is 3.99. The lowest BCUT2D eigenvalue weighted by Crippen LogP contribution is -2.48. The Morgan fingerprint density at radius 3 is 2.93 bits per heavy atom. The Hall–Kier alpha value is -2.11. The normalized spacial score (nSPS) is 22.9. The molecule has 2 atom stereocenters. The Morgan fingerprint density at radius 1 is 1.26 bits per heavy atom. The number of amides is 1. The molecular weight excluding hydrogens is 360 g/mol. The van der Waals surface area contributed by atoms with Crippen molar-refractivity contribution in [2.24, 2.45) is 5.92 Å². The highest BCUT2D eigenvalue weighted by Gasteiger charge is 2.29. The number of nitrogens with one attached hydrogen (secondary N) is 1. The van der Waals surface area contributed by atoms with Gasteiger partial charge >= 0.3 is 0 Å². The van der Waals surface area contributed by atoms with Gasteiger partial charge in [0.1, 0.15) is 5.82 Å². The van der Waals surface area contributed by atoms with Crippen molar-refractivity contribution in [3.8, 4) is 0 Å². The second kappa shape index (κ2) is 7.87. The SMILES string of the molecule is CC1CCN(c2cc(C(=O)N3CCNCC3c3cccc(Cl)c3)ccn2)C1. The minimum absolute atomic E-state index is 0.0200. The summed E-state index contributed by atoms with van der Waals surface area (Å²) in [5.74, 6) is 1.63. The largest absolute Gasteiger partial charge is 0.356 e. The van der Waals surface area contributed by atoms with Gasteiger partial charge in [0, 0.05) is 49.5 Å². The van der Waals surface area contributed by atoms with Gasteiger partial charge < -0.3 is 15.1 Å². The van der Waals surface area contributed by atoms with Gasteiger partial charge in [-0.1, -0.05) is 30.7 Å². The molecule has 2 aliphatic heterocycles. The fraction of sp³-hybridized carbons (Fsp3) is 0.429. The van der Waals surface area contributed by atoms with E-state index in [-0.39, 0.29) is 11.9 Å². The summed E-state index contributed by atoms with van der Waals surface area (Å²) in [6, 6.07) is 11.5. The molecule has 4 rings (SSSR count). The first kappa shape index (κ1) is 18.3. The van der Waals surface area contributed by atoms with Crippen molar-refractivity contribution in [1.29, 1.82) is 0 Å². The van der Waals surface area contributed by atoms with E-state index in [0.29, 0.717) is 23.0 Å². The van der Waals surface area contributed by atoms with E-state index < -0.39 is 0 Å². The Balaban J connectivity index is 1.59. The Bertz CT molecular complexity index is 827. The number of piperazine rings is 1. The van der Waals surface area contributed by atoms with Crippen LogP contribution in [0, 0.1) is 5.92 Å². The van der Waals surface area contributed by atoms with Gasteiger partial charge in [-0.2, -0.15) is 0 Å². The Morgan fingerprint density at radius 2 is 2.15 bits per heavy atom. The first-order valence-corrected chi connectivity index (χ1v) is 9.98. The number of rotatable bonds is 3. The number of hydrogen-bond donors (Lipinski definition) is 1. The summed E-state index contributed by atoms with van der Waals surface area (Å²) < 4.78 is 0. The molecule has 0 spiro atoms. The first-order valence-electron chi connectivity index (χ1n) is 9.60. The van der Waals surface area contributed by atoms with E-state index in [0.717, 1.165) is 37.6 Å². The minimum Gasteiger partial charge on any atom is -0.356 e. The summed E-state index contributed by atoms with van der Waals surface area (Å²) in [6.45, 7) is 6.46. The van der Waals surface area contributed by atoms with Crippen molar-refractivity contribution in [3.05, 3.63) is 58.7 Å². The van der Waals surface area contributed by atoms with Crippen LogP contribution in [0.2, 0.25) is 5.02 Å². The van der Waals surface area contributed by atoms with Crippen LogP contribution in [-0.2, 0) is 0 Å². The number of pyridine rings is 1. The van der Waals surface area contributed by atoms with Crippen LogP contribution in [0.1, 0.15) is 35.3 Å². The van der Waals surface area contributed by atoms with Crippen LogP contribution < -0.4 is 10.2 Å². The molecule has 2 fully saturated rings. The molecule has 5 nitrogen and oxygen atoms in total. The molecule has 142 valence electrons. The van der Waals surface area contributed by atoms with Gasteiger partial charge in [-0.05, 0) is 42.2 Å². The number of carbonyl (C=O) groups excluding carboxylic acids is 1. The standard InChI is InChI=1S/C21H25ClN4O/c1-15-6-9-25(14-15)20-12-17(5-7-24-20)21(27)26-10-8-23-13-19(26)16-3-2-4-18(22)11-16/h2-5,7,11-12,15,19,23H,6,8-10,13-14H2,1H3. The highest BCUT2D eigenvalue weighted by atomic mass is 35.5. The van der Waals surface area contributed by atoms with Gasteiger partial charge in [-0.3, -0.25) is 4.79 Å². The highest BCUT2D eigenvalue weighted by Crippen LogP contribution is 2.27. The Kier molecular flexibility index (Phi) is 5.32. The topological polar surface area (TPSA) is 48.5 Å². The van der Waals surface area contributed by atoms with E-state index in [4.69, 9.17) is 11.6 Å². The molecule has 2 aliphatic rings. The molecule has 1 aromatic heterocycles. The van der Waals surface area contributed by atoms with Crippen LogP contribution in [0.4, 0.5) is 5.82 Å². The van der Waals surface area contributed by atoms with Crippen LogP contribution in [0.15, 0.2) is 42.6 Å². The van der Waals surface area contributed by atoms with Crippen molar-refractivity contribution in [2.45, 2.75) is 19.4 Å². The van der Waals surface area contributed by atoms with E-state index in [2.05, 4.69) is 22.1 Å². The molecule has 0 saturated carbocycles. The summed E-state index contributed by atoms with van der Waals surface area (Å²) in [7, 11) is 0. The average molecular weight is 385 g/mol. The van der Waals surface area contributed by atoms with Crippen molar-refractivity contribution < 1.29 is 4.79 Å². The van der Waals surface area contributed by atoms with Gasteiger partial charge in [0.15, 0.2) is 0 Å². The molecule has 0 radical (unpaired) electrons. The van der Waals surface area contributed by atoms with Crippen LogP contribution >= 0.6 is 11.6 Å². The van der Waals surface area contributed by atoms with Gasteiger partial charge in [-0.25, -0.2) is 4.98 Å². The lowest BCUT2D eigenvalue weighted by Gasteiger charge is -2.36. The maximum Gasteiger partial charge on any atom is 0.254 e. The van der Waals surface area contributed by atoms with Crippen molar-refractivity contribution in [1.82, 2.24) is 15.2 Å². The predicted octanol–water partition coefficient (Wildman–Crippen LogP) is 3.37. The molecule has 1 N–H and O–H groups in total. The lowest BCUT2D eigenvalue weighted by molar-refractivity contribution is 0.0634. The number of halogens is 1. The number of carbonyl (C=O) groups is 1. The lowest BCUT2D eigenvalue weighted by atomic mass is 10.0. The summed E-state index contributed by atoms with van der Waals surface area (Å²) in [5, 5.41) is 4.09. The average Bonchev–Trinajstić information content (AvgIpc) is 3.14. The summed E-state index contributed by atoms with van der Waals surface area (Å²) in [6.07, 6.45) is 2.93. The van der Waals surface area contributed by atoms with Gasteiger partial charge in [0.25, 0.3) is 5.91 Å². The molecular formula is C21H25ClN4O. The number of nitrogens with zero attached hydrogens (tertiary/aromatic N) is 3. The zero-order chi connectivity index (χ0) is 18.8. The maximum atomic E-state index is 13.3. The molecule has 0 bridgehead atoms. The summed E-state index contributed by atoms with van der Waals surface area (Å²) in [4.78, 5) is 22.0. The van der Waals surface area contributed by atoms with Gasteiger partial charge in [-0.15, -0.1) is 0 Å². The van der Waals surface area contributed by atoms with Crippen LogP contribution in [0.5, 0.6) is 0 Å². The van der Waals surface area contributed by atoms with Crippen molar-refractivity contribution in [2.75, 3.05) is 37.6 Å². The molecule has 2 unspecified atom stereocenters. The molecule has 2 aromatic rings. The van der Waals surface area contributed by atoms with Crippen LogP contribution in [0.25, 0.3) is 0 Å². The maximum absolute atomic E-state index is 13.3. The van der Waals surface area contributed by atoms with Gasteiger partial charge in [0.05, 0.1) is 6.04 Å². The van der Waals surface area contributed by atoms with E-state index >= 15 is 0 Å². The molecule has 2 saturated heterocycles. The molecule has 6 heteroatoms. The first-order chi connectivity index (χ1) is 13.1. The second-order valence-electron chi connectivity index (χ2n) is 7.52. The molecule has 1 amide bonds. The summed E-state index contributed by atoms with van der Waals surface area (Å²) >= 11 is 6.18. The zero-order valence-electron chi connectivity index (χ0n) is 15.6. The number of benzene rings is 1. The minimum atomic E-state index is -0.0200. The number of hydrogen-bond acceptors (Lipinski definition) is 4. The number of aromatic nitrogens is 1. The fourth-order valence-corrected chi connectivity index (χ4v) is 4.19. The van der Waals surface area contributed by atoms with E-state index in [1.807, 2.05) is 41.3 Å².